The fourth-order valence-corrected chi connectivity index (χ4v) is 9.27. The number of hydrogen-bond donors (Lipinski definition) is 0. The van der Waals surface area contributed by atoms with Crippen LogP contribution in [0.25, 0.3) is 0 Å². The van der Waals surface area contributed by atoms with Gasteiger partial charge in [0.1, 0.15) is 13.0 Å². The number of carbonyl (C=O) groups is 4. The largest absolute Gasteiger partial charge is 0.460 e. The van der Waals surface area contributed by atoms with Crippen molar-refractivity contribution in [2.24, 2.45) is 0 Å². The van der Waals surface area contributed by atoms with Gasteiger partial charge in [0.2, 0.25) is 5.78 Å². The van der Waals surface area contributed by atoms with Crippen molar-refractivity contribution in [2.75, 3.05) is 20.2 Å². The molecule has 0 heterocycles. The van der Waals surface area contributed by atoms with Crippen LogP contribution in [0.1, 0.15) is 39.2 Å². The van der Waals surface area contributed by atoms with E-state index in [0.29, 0.717) is 0 Å². The van der Waals surface area contributed by atoms with E-state index in [1.54, 1.807) is 12.1 Å². The minimum atomic E-state index is -2.79. The van der Waals surface area contributed by atoms with E-state index >= 15 is 0 Å². The van der Waals surface area contributed by atoms with Gasteiger partial charge in [-0.2, -0.15) is 0 Å². The van der Waals surface area contributed by atoms with Crippen LogP contribution in [-0.2, 0) is 34.9 Å². The lowest BCUT2D eigenvalue weighted by Crippen LogP contribution is -2.66. The monoisotopic (exact) mass is 559 g/mol. The van der Waals surface area contributed by atoms with Gasteiger partial charge in [-0.05, 0) is 21.0 Å². The van der Waals surface area contributed by atoms with Gasteiger partial charge in [0.25, 0.3) is 14.2 Å². The second kappa shape index (κ2) is 14.0. The van der Waals surface area contributed by atoms with Crippen LogP contribution in [0.5, 0.6) is 0 Å². The first-order chi connectivity index (χ1) is 19.0. The highest BCUT2D eigenvalue weighted by molar-refractivity contribution is 6.99. The third kappa shape index (κ3) is 7.83. The Labute approximate surface area is 237 Å². The third-order valence-electron chi connectivity index (χ3n) is 6.66. The van der Waals surface area contributed by atoms with E-state index in [-0.39, 0.29) is 37.0 Å². The van der Waals surface area contributed by atoms with Crippen LogP contribution < -0.4 is 10.4 Å². The molecule has 3 rings (SSSR count). The van der Waals surface area contributed by atoms with Crippen molar-refractivity contribution in [1.29, 1.82) is 0 Å². The summed E-state index contributed by atoms with van der Waals surface area (Å²) in [4.78, 5) is 50.7. The van der Waals surface area contributed by atoms with Crippen LogP contribution in [0.4, 0.5) is 0 Å². The van der Waals surface area contributed by atoms with Crippen molar-refractivity contribution in [1.82, 2.24) is 4.90 Å². The lowest BCUT2D eigenvalue weighted by Gasteiger charge is -2.43. The van der Waals surface area contributed by atoms with Crippen LogP contribution in [0.2, 0.25) is 5.04 Å². The molecule has 8 heteroatoms. The molecule has 210 valence electrons. The molecule has 0 atom stereocenters. The Balaban J connectivity index is 1.58. The van der Waals surface area contributed by atoms with Gasteiger partial charge in [-0.25, -0.2) is 0 Å². The van der Waals surface area contributed by atoms with Gasteiger partial charge in [-0.15, -0.1) is 0 Å². The molecule has 0 unspecified atom stereocenters. The number of likely N-dealkylation sites (N-methyl/N-ethyl adjacent to an activating group) is 1. The van der Waals surface area contributed by atoms with E-state index in [2.05, 4.69) is 45.0 Å². The van der Waals surface area contributed by atoms with Crippen molar-refractivity contribution >= 4 is 42.1 Å². The lowest BCUT2D eigenvalue weighted by molar-refractivity contribution is -0.152. The fourth-order valence-electron chi connectivity index (χ4n) is 4.70. The van der Waals surface area contributed by atoms with E-state index in [9.17, 15) is 19.2 Å². The Morgan fingerprint density at radius 2 is 1.27 bits per heavy atom. The number of benzene rings is 3. The van der Waals surface area contributed by atoms with Crippen LogP contribution in [0.15, 0.2) is 91.0 Å². The number of esters is 1. The Kier molecular flexibility index (Phi) is 10.7. The predicted molar refractivity (Wildman–Crippen MR) is 157 cm³/mol. The second-order valence-corrected chi connectivity index (χ2v) is 15.0. The highest BCUT2D eigenvalue weighted by atomic mass is 28.4. The number of nitrogens with zero attached hydrogens (tertiary/aromatic N) is 1. The Bertz CT molecular complexity index is 1250. The van der Waals surface area contributed by atoms with E-state index < -0.39 is 32.4 Å². The summed E-state index contributed by atoms with van der Waals surface area (Å²) >= 11 is 0. The molecule has 0 radical (unpaired) electrons. The lowest BCUT2D eigenvalue weighted by atomic mass is 10.2. The van der Waals surface area contributed by atoms with Gasteiger partial charge >= 0.3 is 5.97 Å². The predicted octanol–water partition coefficient (Wildman–Crippen LogP) is 3.68. The SMILES string of the molecule is CN(CC(=O)CCO[Si](c1ccccc1)(c1ccccc1)C(C)(C)C)C(=O)C(=O)CC(=O)OCc1ccccc1. The zero-order chi connectivity index (χ0) is 29.2. The molecule has 0 spiro atoms. The topological polar surface area (TPSA) is 90.0 Å². The van der Waals surface area contributed by atoms with Crippen LogP contribution in [0.3, 0.4) is 0 Å². The first kappa shape index (κ1) is 30.7. The normalized spacial score (nSPS) is 11.5. The molecule has 0 bridgehead atoms. The average molecular weight is 560 g/mol. The maximum Gasteiger partial charge on any atom is 0.314 e. The molecule has 3 aromatic carbocycles. The number of hydrogen-bond acceptors (Lipinski definition) is 6. The van der Waals surface area contributed by atoms with Crippen molar-refractivity contribution < 1.29 is 28.3 Å². The smallest absolute Gasteiger partial charge is 0.314 e. The van der Waals surface area contributed by atoms with E-state index in [1.807, 2.05) is 54.6 Å². The molecule has 0 fully saturated rings. The number of ether oxygens (including phenoxy) is 1. The molecule has 0 aliphatic carbocycles. The summed E-state index contributed by atoms with van der Waals surface area (Å²) < 4.78 is 11.8. The summed E-state index contributed by atoms with van der Waals surface area (Å²) in [6, 6.07) is 29.3. The Morgan fingerprint density at radius 1 is 0.775 bits per heavy atom. The second-order valence-electron chi connectivity index (χ2n) is 10.7. The summed E-state index contributed by atoms with van der Waals surface area (Å²) in [6.07, 6.45) is -0.601. The van der Waals surface area contributed by atoms with Crippen LogP contribution in [0, 0.1) is 0 Å². The molecule has 0 aromatic heterocycles. The highest BCUT2D eigenvalue weighted by Gasteiger charge is 2.50. The van der Waals surface area contributed by atoms with Gasteiger partial charge in [0.05, 0.1) is 6.54 Å². The minimum Gasteiger partial charge on any atom is -0.460 e. The minimum absolute atomic E-state index is 0.0147. The number of rotatable bonds is 13. The van der Waals surface area contributed by atoms with Crippen molar-refractivity contribution in [3.63, 3.8) is 0 Å². The van der Waals surface area contributed by atoms with Crippen molar-refractivity contribution in [2.45, 2.75) is 45.3 Å². The van der Waals surface area contributed by atoms with Crippen molar-refractivity contribution in [3.05, 3.63) is 96.6 Å². The van der Waals surface area contributed by atoms with Crippen LogP contribution in [-0.4, -0.2) is 56.9 Å². The first-order valence-electron chi connectivity index (χ1n) is 13.3. The molecular weight excluding hydrogens is 522 g/mol. The summed E-state index contributed by atoms with van der Waals surface area (Å²) in [5.74, 6) is -2.86. The molecule has 7 nitrogen and oxygen atoms in total. The zero-order valence-corrected chi connectivity index (χ0v) is 24.6. The maximum absolute atomic E-state index is 12.8. The molecule has 0 N–H and O–H groups in total. The first-order valence-corrected chi connectivity index (χ1v) is 15.2. The molecule has 0 aliphatic rings. The summed E-state index contributed by atoms with van der Waals surface area (Å²) in [5.41, 5.74) is 0.776. The van der Waals surface area contributed by atoms with Gasteiger partial charge < -0.3 is 14.1 Å². The maximum atomic E-state index is 12.8. The molecular formula is C32H37NO6Si. The molecule has 0 aliphatic heterocycles. The summed E-state index contributed by atoms with van der Waals surface area (Å²) in [6.45, 7) is 6.40. The Hall–Kier alpha value is -3.88. The number of ketones is 2. The van der Waals surface area contributed by atoms with Gasteiger partial charge in [-0.3, -0.25) is 19.2 Å². The van der Waals surface area contributed by atoms with Gasteiger partial charge in [-0.1, -0.05) is 112 Å². The molecule has 1 amide bonds. The van der Waals surface area contributed by atoms with Gasteiger partial charge in [0.15, 0.2) is 5.78 Å². The molecule has 0 saturated carbocycles. The molecule has 0 saturated heterocycles. The van der Waals surface area contributed by atoms with Crippen molar-refractivity contribution in [3.8, 4) is 0 Å². The van der Waals surface area contributed by atoms with Crippen LogP contribution >= 0.6 is 0 Å². The Morgan fingerprint density at radius 3 is 1.77 bits per heavy atom. The number of carbonyl (C=O) groups excluding carboxylic acids is 4. The standard InChI is InChI=1S/C32H37NO6Si/c1-32(2,3)40(27-16-10-6-11-17-27,28-18-12-7-13-19-28)39-21-20-26(34)23-33(4)31(37)29(35)22-30(36)38-24-25-14-8-5-9-15-25/h5-19H,20-24H2,1-4H3. The average Bonchev–Trinajstić information content (AvgIpc) is 2.94. The number of Topliss-reactive ketones (excluding diaryl/α,β-unsaturated/α-hetero) is 2. The van der Waals surface area contributed by atoms with E-state index in [1.165, 1.54) is 7.05 Å². The zero-order valence-electron chi connectivity index (χ0n) is 23.6. The van der Waals surface area contributed by atoms with Gasteiger partial charge in [0, 0.05) is 20.1 Å². The summed E-state index contributed by atoms with van der Waals surface area (Å²) in [7, 11) is -1.41. The quantitative estimate of drug-likeness (QED) is 0.137. The van der Waals surface area contributed by atoms with E-state index in [0.717, 1.165) is 20.8 Å². The summed E-state index contributed by atoms with van der Waals surface area (Å²) in [5, 5.41) is 1.99. The highest BCUT2D eigenvalue weighted by Crippen LogP contribution is 2.36. The fraction of sp³-hybridized carbons (Fsp3) is 0.312. The number of amides is 1. The molecule has 3 aromatic rings. The van der Waals surface area contributed by atoms with E-state index in [4.69, 9.17) is 9.16 Å². The molecule has 40 heavy (non-hydrogen) atoms. The third-order valence-corrected chi connectivity index (χ3v) is 11.7.